The monoisotopic (exact) mass is 278 g/mol. The zero-order valence-corrected chi connectivity index (χ0v) is 11.8. The van der Waals surface area contributed by atoms with Crippen LogP contribution >= 0.6 is 12.4 Å². The van der Waals surface area contributed by atoms with Crippen LogP contribution < -0.4 is 5.32 Å². The third kappa shape index (κ3) is 4.79. The molecule has 1 aromatic carbocycles. The van der Waals surface area contributed by atoms with Crippen LogP contribution in [0, 0.1) is 0 Å². The lowest BCUT2D eigenvalue weighted by Gasteiger charge is -2.07. The average molecular weight is 279 g/mol. The molecule has 0 amide bonds. The highest BCUT2D eigenvalue weighted by atomic mass is 35.5. The summed E-state index contributed by atoms with van der Waals surface area (Å²) in [7, 11) is 0. The van der Waals surface area contributed by atoms with Crippen molar-refractivity contribution in [2.24, 2.45) is 4.99 Å². The highest BCUT2D eigenvalue weighted by Crippen LogP contribution is 2.10. The van der Waals surface area contributed by atoms with Crippen molar-refractivity contribution in [3.63, 3.8) is 0 Å². The van der Waals surface area contributed by atoms with Crippen LogP contribution in [-0.4, -0.2) is 12.4 Å². The fourth-order valence-corrected chi connectivity index (χ4v) is 1.60. The number of unbranched alkanes of at least 4 members (excludes halogenated alkanes) is 1. The van der Waals surface area contributed by atoms with Crippen LogP contribution in [0.2, 0.25) is 0 Å². The van der Waals surface area contributed by atoms with Crippen molar-refractivity contribution >= 4 is 23.9 Å². The number of aliphatic imine (C=N–C) groups is 1. The Morgan fingerprint density at radius 1 is 1.16 bits per heavy atom. The molecule has 0 atom stereocenters. The van der Waals surface area contributed by atoms with Crippen molar-refractivity contribution in [2.75, 3.05) is 11.9 Å². The second-order valence-corrected chi connectivity index (χ2v) is 4.05. The molecule has 19 heavy (non-hydrogen) atoms. The Morgan fingerprint density at radius 3 is 2.58 bits per heavy atom. The van der Waals surface area contributed by atoms with Gasteiger partial charge >= 0.3 is 0 Å². The summed E-state index contributed by atoms with van der Waals surface area (Å²) in [5, 5.41) is 3.30. The molecule has 0 saturated heterocycles. The van der Waals surface area contributed by atoms with E-state index in [1.165, 1.54) is 0 Å². The van der Waals surface area contributed by atoms with Crippen LogP contribution in [0.15, 0.2) is 58.1 Å². The Hall–Kier alpha value is -1.74. The molecule has 1 N–H and O–H groups in total. The van der Waals surface area contributed by atoms with E-state index in [0.717, 1.165) is 36.7 Å². The van der Waals surface area contributed by atoms with Gasteiger partial charge in [-0.1, -0.05) is 31.5 Å². The van der Waals surface area contributed by atoms with E-state index in [1.54, 1.807) is 6.26 Å². The molecule has 0 unspecified atom stereocenters. The van der Waals surface area contributed by atoms with E-state index in [9.17, 15) is 0 Å². The predicted molar refractivity (Wildman–Crippen MR) is 82.3 cm³/mol. The highest BCUT2D eigenvalue weighted by molar-refractivity contribution is 6.06. The summed E-state index contributed by atoms with van der Waals surface area (Å²) in [6, 6.07) is 13.8. The second kappa shape index (κ2) is 8.38. The summed E-state index contributed by atoms with van der Waals surface area (Å²) in [5.41, 5.74) is 1.02. The van der Waals surface area contributed by atoms with Crippen molar-refractivity contribution in [1.82, 2.24) is 0 Å². The summed E-state index contributed by atoms with van der Waals surface area (Å²) < 4.78 is 5.41. The summed E-state index contributed by atoms with van der Waals surface area (Å²) in [6.07, 6.45) is 3.89. The lowest BCUT2D eigenvalue weighted by Crippen LogP contribution is -2.13. The summed E-state index contributed by atoms with van der Waals surface area (Å²) in [4.78, 5) is 4.56. The second-order valence-electron chi connectivity index (χ2n) is 4.05. The molecule has 0 fully saturated rings. The van der Waals surface area contributed by atoms with Crippen LogP contribution in [0.3, 0.4) is 0 Å². The molecule has 2 aromatic rings. The zero-order chi connectivity index (χ0) is 12.6. The maximum Gasteiger partial charge on any atom is 0.169 e. The number of amidine groups is 1. The number of hydrogen-bond donors (Lipinski definition) is 1. The van der Waals surface area contributed by atoms with E-state index in [-0.39, 0.29) is 12.4 Å². The number of rotatable bonds is 5. The van der Waals surface area contributed by atoms with Crippen LogP contribution in [-0.2, 0) is 0 Å². The predicted octanol–water partition coefficient (Wildman–Crippen LogP) is 4.36. The third-order valence-electron chi connectivity index (χ3n) is 2.57. The molecule has 102 valence electrons. The van der Waals surface area contributed by atoms with Crippen LogP contribution in [0.4, 0.5) is 5.69 Å². The van der Waals surface area contributed by atoms with E-state index in [1.807, 2.05) is 42.5 Å². The Morgan fingerprint density at radius 2 is 1.95 bits per heavy atom. The summed E-state index contributed by atoms with van der Waals surface area (Å²) in [5.74, 6) is 1.56. The van der Waals surface area contributed by atoms with E-state index in [0.29, 0.717) is 0 Å². The van der Waals surface area contributed by atoms with Gasteiger partial charge in [-0.3, -0.25) is 4.99 Å². The standard InChI is InChI=1S/C15H18N2O.ClH/c1-2-3-11-16-15(14-10-7-12-18-14)17-13-8-5-4-6-9-13;/h4-10,12H,2-3,11H2,1H3,(H,16,17);1H. The van der Waals surface area contributed by atoms with Crippen molar-refractivity contribution in [3.8, 4) is 0 Å². The van der Waals surface area contributed by atoms with Crippen molar-refractivity contribution in [2.45, 2.75) is 19.8 Å². The van der Waals surface area contributed by atoms with Gasteiger partial charge in [0.1, 0.15) is 0 Å². The minimum absolute atomic E-state index is 0. The quantitative estimate of drug-likeness (QED) is 0.501. The van der Waals surface area contributed by atoms with Crippen LogP contribution in [0.25, 0.3) is 0 Å². The van der Waals surface area contributed by atoms with Gasteiger partial charge < -0.3 is 9.73 Å². The Bertz CT molecular complexity index is 480. The first-order valence-electron chi connectivity index (χ1n) is 6.30. The molecule has 0 aliphatic heterocycles. The SMILES string of the molecule is CCCCN=C(Nc1ccccc1)c1ccco1.Cl. The zero-order valence-electron chi connectivity index (χ0n) is 11.0. The van der Waals surface area contributed by atoms with E-state index in [4.69, 9.17) is 4.42 Å². The fourth-order valence-electron chi connectivity index (χ4n) is 1.60. The number of para-hydroxylation sites is 1. The molecule has 1 heterocycles. The van der Waals surface area contributed by atoms with E-state index < -0.39 is 0 Å². The Balaban J connectivity index is 0.00000180. The number of anilines is 1. The fraction of sp³-hybridized carbons (Fsp3) is 0.267. The molecule has 0 radical (unpaired) electrons. The number of furan rings is 1. The maximum atomic E-state index is 5.41. The van der Waals surface area contributed by atoms with Crippen molar-refractivity contribution in [3.05, 3.63) is 54.5 Å². The minimum atomic E-state index is 0. The smallest absolute Gasteiger partial charge is 0.169 e. The van der Waals surface area contributed by atoms with Gasteiger partial charge in [-0.2, -0.15) is 0 Å². The number of benzene rings is 1. The van der Waals surface area contributed by atoms with E-state index >= 15 is 0 Å². The van der Waals surface area contributed by atoms with Gasteiger partial charge in [-0.15, -0.1) is 12.4 Å². The first kappa shape index (κ1) is 15.3. The molecule has 0 aliphatic carbocycles. The molecule has 0 spiro atoms. The topological polar surface area (TPSA) is 37.5 Å². The third-order valence-corrected chi connectivity index (χ3v) is 2.57. The molecule has 0 bridgehead atoms. The highest BCUT2D eigenvalue weighted by Gasteiger charge is 2.06. The van der Waals surface area contributed by atoms with Crippen LogP contribution in [0.1, 0.15) is 25.5 Å². The molecule has 4 heteroatoms. The number of halogens is 1. The summed E-state index contributed by atoms with van der Waals surface area (Å²) >= 11 is 0. The number of hydrogen-bond acceptors (Lipinski definition) is 2. The van der Waals surface area contributed by atoms with Gasteiger partial charge in [-0.05, 0) is 30.7 Å². The summed E-state index contributed by atoms with van der Waals surface area (Å²) in [6.45, 7) is 2.97. The van der Waals surface area contributed by atoms with Gasteiger partial charge in [0, 0.05) is 12.2 Å². The van der Waals surface area contributed by atoms with E-state index in [2.05, 4.69) is 17.2 Å². The largest absolute Gasteiger partial charge is 0.461 e. The minimum Gasteiger partial charge on any atom is -0.461 e. The molecule has 2 rings (SSSR count). The number of nitrogens with one attached hydrogen (secondary N) is 1. The normalized spacial score (nSPS) is 10.9. The van der Waals surface area contributed by atoms with Crippen molar-refractivity contribution < 1.29 is 4.42 Å². The van der Waals surface area contributed by atoms with Gasteiger partial charge in [-0.25, -0.2) is 0 Å². The van der Waals surface area contributed by atoms with Crippen molar-refractivity contribution in [1.29, 1.82) is 0 Å². The molecular formula is C15H19ClN2O. The number of nitrogens with zero attached hydrogens (tertiary/aromatic N) is 1. The van der Waals surface area contributed by atoms with Crippen LogP contribution in [0.5, 0.6) is 0 Å². The maximum absolute atomic E-state index is 5.41. The molecular weight excluding hydrogens is 260 g/mol. The molecule has 0 aliphatic rings. The molecule has 3 nitrogen and oxygen atoms in total. The lowest BCUT2D eigenvalue weighted by molar-refractivity contribution is 0.557. The van der Waals surface area contributed by atoms with Gasteiger partial charge in [0.25, 0.3) is 0 Å². The Labute approximate surface area is 120 Å². The van der Waals surface area contributed by atoms with Gasteiger partial charge in [0.05, 0.1) is 6.26 Å². The van der Waals surface area contributed by atoms with Gasteiger partial charge in [0.2, 0.25) is 0 Å². The average Bonchev–Trinajstić information content (AvgIpc) is 2.93. The first-order chi connectivity index (χ1) is 8.90. The molecule has 0 saturated carbocycles. The Kier molecular flexibility index (Phi) is 6.75. The lowest BCUT2D eigenvalue weighted by atomic mass is 10.3. The first-order valence-corrected chi connectivity index (χ1v) is 6.30. The molecule has 1 aromatic heterocycles. The van der Waals surface area contributed by atoms with Gasteiger partial charge in [0.15, 0.2) is 11.6 Å².